The average Bonchev–Trinajstić information content (AvgIpc) is 3.50. The Labute approximate surface area is 247 Å². The molecule has 0 saturated carbocycles. The number of nitriles is 1. The summed E-state index contributed by atoms with van der Waals surface area (Å²) in [4.78, 5) is 28.7. The second-order valence-corrected chi connectivity index (χ2v) is 11.9. The zero-order chi connectivity index (χ0) is 31.4. The number of nitrogens with two attached hydrogens (primary N) is 1. The maximum absolute atomic E-state index is 13.8. The summed E-state index contributed by atoms with van der Waals surface area (Å²) in [5.74, 6) is -1.73. The van der Waals surface area contributed by atoms with Crippen LogP contribution in [0.2, 0.25) is 0 Å². The van der Waals surface area contributed by atoms with Crippen molar-refractivity contribution in [3.05, 3.63) is 54.5 Å². The summed E-state index contributed by atoms with van der Waals surface area (Å²) in [6, 6.07) is 13.1. The molecule has 4 rings (SSSR count). The molecule has 4 N–H and O–H groups in total. The van der Waals surface area contributed by atoms with Gasteiger partial charge < -0.3 is 29.6 Å². The van der Waals surface area contributed by atoms with E-state index in [1.54, 1.807) is 45.0 Å². The Hall–Kier alpha value is -4.06. The Bertz CT molecular complexity index is 1560. The van der Waals surface area contributed by atoms with E-state index in [2.05, 4.69) is 15.2 Å². The summed E-state index contributed by atoms with van der Waals surface area (Å²) in [6.45, 7) is 5.04. The van der Waals surface area contributed by atoms with E-state index in [4.69, 9.17) is 29.0 Å². The minimum absolute atomic E-state index is 0.0707. The topological polar surface area (TPSA) is 210 Å². The summed E-state index contributed by atoms with van der Waals surface area (Å²) in [7, 11) is -4.33. The third-order valence-electron chi connectivity index (χ3n) is 6.75. The van der Waals surface area contributed by atoms with Gasteiger partial charge in [-0.3, -0.25) is 14.1 Å². The maximum Gasteiger partial charge on any atom is 0.459 e. The van der Waals surface area contributed by atoms with E-state index in [0.717, 1.165) is 0 Å². The Morgan fingerprint density at radius 1 is 1.28 bits per heavy atom. The van der Waals surface area contributed by atoms with Gasteiger partial charge >= 0.3 is 19.7 Å². The Kier molecular flexibility index (Phi) is 9.38. The maximum atomic E-state index is 13.8. The molecule has 16 heteroatoms. The number of hydrogen-bond donors (Lipinski definition) is 3. The minimum Gasteiger partial charge on any atom is -0.465 e. The molecule has 1 aromatic carbocycles. The van der Waals surface area contributed by atoms with Crippen LogP contribution < -0.4 is 15.3 Å². The van der Waals surface area contributed by atoms with E-state index in [9.17, 15) is 24.5 Å². The first kappa shape index (κ1) is 31.9. The van der Waals surface area contributed by atoms with Crippen LogP contribution in [0.15, 0.2) is 48.8 Å². The predicted octanol–water partition coefficient (Wildman–Crippen LogP) is 2.10. The quantitative estimate of drug-likeness (QED) is 0.197. The number of benzene rings is 1. The number of nitrogens with zero attached hydrogens (tertiary/aromatic N) is 4. The number of nitrogen functional groups attached to an aromatic ring is 1. The standard InChI is InChI=1S/C27H33N6O9P/c1-5-38-22(34)13-32-43(37,42-18-9-7-6-8-10-18)39-14-20-23(40-25(35)17(2)3)26(4,36)27(15-28,41-20)21-12-11-19-24(29)30-16-31-33(19)21/h6-12,16-17,20,23,36H,5,13-14H2,1-4H3,(H,32,37)(H2,29,30,31)/t20-,23-,26-,27+,43?/m1/s1. The van der Waals surface area contributed by atoms with Gasteiger partial charge in [0.15, 0.2) is 11.9 Å². The normalized spacial score (nSPS) is 24.8. The van der Waals surface area contributed by atoms with Crippen LogP contribution in [0.3, 0.4) is 0 Å². The number of anilines is 1. The number of ether oxygens (including phenoxy) is 3. The summed E-state index contributed by atoms with van der Waals surface area (Å²) in [5.41, 5.74) is 2.00. The van der Waals surface area contributed by atoms with Crippen LogP contribution in [0.4, 0.5) is 5.82 Å². The number of hydrogen-bond acceptors (Lipinski definition) is 13. The second kappa shape index (κ2) is 12.7. The molecule has 15 nitrogen and oxygen atoms in total. The number of para-hydroxylation sites is 1. The van der Waals surface area contributed by atoms with E-state index in [1.807, 2.05) is 6.07 Å². The summed E-state index contributed by atoms with van der Waals surface area (Å²) in [6.07, 6.45) is -1.69. The van der Waals surface area contributed by atoms with E-state index < -0.39 is 62.2 Å². The van der Waals surface area contributed by atoms with Gasteiger partial charge in [0.1, 0.15) is 41.9 Å². The molecule has 1 saturated heterocycles. The molecule has 0 amide bonds. The zero-order valence-corrected chi connectivity index (χ0v) is 24.9. The van der Waals surface area contributed by atoms with Crippen LogP contribution in [0.5, 0.6) is 5.75 Å². The van der Waals surface area contributed by atoms with Gasteiger partial charge in [-0.05, 0) is 38.1 Å². The fourth-order valence-electron chi connectivity index (χ4n) is 4.55. The molecule has 0 radical (unpaired) electrons. The average molecular weight is 617 g/mol. The van der Waals surface area contributed by atoms with Crippen molar-refractivity contribution in [3.63, 3.8) is 0 Å². The van der Waals surface area contributed by atoms with E-state index in [1.165, 1.54) is 36.0 Å². The molecule has 3 heterocycles. The van der Waals surface area contributed by atoms with Crippen LogP contribution in [0.25, 0.3) is 5.52 Å². The van der Waals surface area contributed by atoms with Gasteiger partial charge in [0.25, 0.3) is 0 Å². The van der Waals surface area contributed by atoms with Crippen LogP contribution >= 0.6 is 7.75 Å². The Morgan fingerprint density at radius 2 is 2.00 bits per heavy atom. The molecular formula is C27H33N6O9P. The van der Waals surface area contributed by atoms with Crippen molar-refractivity contribution in [3.8, 4) is 11.8 Å². The monoisotopic (exact) mass is 616 g/mol. The minimum atomic E-state index is -4.33. The van der Waals surface area contributed by atoms with Crippen molar-refractivity contribution < 1.29 is 42.5 Å². The van der Waals surface area contributed by atoms with Gasteiger partial charge in [-0.2, -0.15) is 10.4 Å². The van der Waals surface area contributed by atoms with Crippen LogP contribution in [0, 0.1) is 17.2 Å². The lowest BCUT2D eigenvalue weighted by molar-refractivity contribution is -0.168. The van der Waals surface area contributed by atoms with Crippen molar-refractivity contribution in [2.75, 3.05) is 25.5 Å². The third-order valence-corrected chi connectivity index (χ3v) is 8.23. The highest BCUT2D eigenvalue weighted by Crippen LogP contribution is 2.51. The fourth-order valence-corrected chi connectivity index (χ4v) is 5.82. The molecule has 5 atom stereocenters. The van der Waals surface area contributed by atoms with Gasteiger partial charge in [0.2, 0.25) is 5.60 Å². The fraction of sp³-hybridized carbons (Fsp3) is 0.444. The lowest BCUT2D eigenvalue weighted by Gasteiger charge is -2.34. The first-order valence-corrected chi connectivity index (χ1v) is 14.9. The molecule has 43 heavy (non-hydrogen) atoms. The Balaban J connectivity index is 1.71. The SMILES string of the molecule is CCOC(=O)CNP(=O)(OC[C@H]1O[C@@](C#N)(c2ccc3c(N)ncnn23)[C@](C)(O)[C@@H]1OC(=O)C(C)C)Oc1ccccc1. The smallest absolute Gasteiger partial charge is 0.459 e. The van der Waals surface area contributed by atoms with Crippen LogP contribution in [0.1, 0.15) is 33.4 Å². The first-order chi connectivity index (χ1) is 20.4. The summed E-state index contributed by atoms with van der Waals surface area (Å²) >= 11 is 0. The number of carbonyl (C=O) groups excluding carboxylic acids is 2. The van der Waals surface area contributed by atoms with E-state index in [0.29, 0.717) is 5.52 Å². The number of fused-ring (bicyclic) bond motifs is 1. The van der Waals surface area contributed by atoms with Crippen molar-refractivity contribution >= 4 is 31.0 Å². The van der Waals surface area contributed by atoms with E-state index >= 15 is 0 Å². The molecule has 1 aliphatic rings. The summed E-state index contributed by atoms with van der Waals surface area (Å²) < 4.78 is 43.2. The van der Waals surface area contributed by atoms with Gasteiger partial charge in [0, 0.05) is 0 Å². The van der Waals surface area contributed by atoms with Gasteiger partial charge in [-0.15, -0.1) is 0 Å². The third kappa shape index (κ3) is 6.34. The number of esters is 2. The second-order valence-electron chi connectivity index (χ2n) is 10.1. The predicted molar refractivity (Wildman–Crippen MR) is 150 cm³/mol. The van der Waals surface area contributed by atoms with Crippen molar-refractivity contribution in [1.82, 2.24) is 19.7 Å². The van der Waals surface area contributed by atoms with Crippen molar-refractivity contribution in [2.45, 2.75) is 51.1 Å². The molecule has 2 aromatic heterocycles. The van der Waals surface area contributed by atoms with Gasteiger partial charge in [-0.25, -0.2) is 19.2 Å². The molecule has 0 bridgehead atoms. The molecule has 1 fully saturated rings. The molecule has 0 spiro atoms. The number of rotatable bonds is 12. The summed E-state index contributed by atoms with van der Waals surface area (Å²) in [5, 5.41) is 29.0. The number of nitrogens with one attached hydrogen (secondary N) is 1. The lowest BCUT2D eigenvalue weighted by atomic mass is 9.80. The van der Waals surface area contributed by atoms with Crippen molar-refractivity contribution in [1.29, 1.82) is 5.26 Å². The lowest BCUT2D eigenvalue weighted by Crippen LogP contribution is -2.54. The number of carbonyl (C=O) groups is 2. The molecule has 230 valence electrons. The highest BCUT2D eigenvalue weighted by Gasteiger charge is 2.67. The van der Waals surface area contributed by atoms with Gasteiger partial charge in [0.05, 0.1) is 24.8 Å². The molecular weight excluding hydrogens is 583 g/mol. The van der Waals surface area contributed by atoms with Crippen LogP contribution in [-0.4, -0.2) is 69.2 Å². The largest absolute Gasteiger partial charge is 0.465 e. The molecule has 0 aliphatic carbocycles. The molecule has 3 aromatic rings. The van der Waals surface area contributed by atoms with Crippen molar-refractivity contribution in [2.24, 2.45) is 5.92 Å². The van der Waals surface area contributed by atoms with E-state index in [-0.39, 0.29) is 23.9 Å². The Morgan fingerprint density at radius 3 is 2.65 bits per heavy atom. The molecule has 1 aliphatic heterocycles. The van der Waals surface area contributed by atoms with Gasteiger partial charge in [-0.1, -0.05) is 32.0 Å². The highest BCUT2D eigenvalue weighted by molar-refractivity contribution is 7.52. The highest BCUT2D eigenvalue weighted by atomic mass is 31.2. The number of aliphatic hydroxyl groups is 1. The molecule has 1 unspecified atom stereocenters. The first-order valence-electron chi connectivity index (χ1n) is 13.4. The van der Waals surface area contributed by atoms with Crippen LogP contribution in [-0.2, 0) is 38.5 Å². The number of aromatic nitrogens is 3. The zero-order valence-electron chi connectivity index (χ0n) is 24.0.